The van der Waals surface area contributed by atoms with E-state index in [1.54, 1.807) is 6.92 Å². The van der Waals surface area contributed by atoms with Gasteiger partial charge in [0.15, 0.2) is 4.34 Å². The monoisotopic (exact) mass is 380 g/mol. The molecule has 1 heterocycles. The number of aryl methyl sites for hydroxylation is 1. The third kappa shape index (κ3) is 4.86. The molecule has 124 valence electrons. The first-order valence-electron chi connectivity index (χ1n) is 6.43. The Bertz CT molecular complexity index is 718. The lowest BCUT2D eigenvalue weighted by molar-refractivity contribution is -0.137. The summed E-state index contributed by atoms with van der Waals surface area (Å²) < 4.78 is 39.7. The van der Waals surface area contributed by atoms with Crippen molar-refractivity contribution in [2.45, 2.75) is 29.6 Å². The van der Waals surface area contributed by atoms with E-state index in [4.69, 9.17) is 11.6 Å². The lowest BCUT2D eigenvalue weighted by Gasteiger charge is -2.16. The summed E-state index contributed by atoms with van der Waals surface area (Å²) in [4.78, 5) is 16.3. The summed E-state index contributed by atoms with van der Waals surface area (Å²) >= 11 is 8.19. The zero-order valence-electron chi connectivity index (χ0n) is 12.1. The lowest BCUT2D eigenvalue weighted by atomic mass is 10.1. The van der Waals surface area contributed by atoms with Crippen LogP contribution in [0.15, 0.2) is 27.9 Å². The number of rotatable bonds is 4. The summed E-state index contributed by atoms with van der Waals surface area (Å²) in [6.45, 7) is 3.44. The quantitative estimate of drug-likeness (QED) is 0.737. The van der Waals surface area contributed by atoms with Gasteiger partial charge < -0.3 is 5.32 Å². The van der Waals surface area contributed by atoms with Crippen molar-refractivity contribution in [3.05, 3.63) is 39.9 Å². The summed E-state index contributed by atoms with van der Waals surface area (Å²) in [6, 6.07) is 3.24. The fourth-order valence-corrected chi connectivity index (χ4v) is 3.84. The van der Waals surface area contributed by atoms with Crippen molar-refractivity contribution in [2.75, 3.05) is 5.32 Å². The number of hydrogen-bond donors (Lipinski definition) is 1. The number of carbonyl (C=O) groups excluding carboxylic acids is 1. The molecule has 0 aliphatic rings. The zero-order chi connectivity index (χ0) is 17.2. The van der Waals surface area contributed by atoms with Crippen molar-refractivity contribution >= 4 is 46.3 Å². The van der Waals surface area contributed by atoms with Gasteiger partial charge in [0.2, 0.25) is 5.91 Å². The van der Waals surface area contributed by atoms with Gasteiger partial charge in [0.25, 0.3) is 0 Å². The largest absolute Gasteiger partial charge is 0.418 e. The average molecular weight is 381 g/mol. The first kappa shape index (κ1) is 18.1. The molecule has 0 saturated heterocycles. The molecule has 0 spiro atoms. The standard InChI is InChI=1S/C14H12ClF3N2OS2/c1-7-6-22-13(19-7)23-8(2)12(21)20-11-4-3-9(15)5-10(11)14(16,17)18/h3-6,8H,1-2H3,(H,20,21)/t8-/m1/s1. The minimum Gasteiger partial charge on any atom is -0.325 e. The molecule has 23 heavy (non-hydrogen) atoms. The van der Waals surface area contributed by atoms with E-state index in [9.17, 15) is 18.0 Å². The molecule has 0 bridgehead atoms. The highest BCUT2D eigenvalue weighted by Gasteiger charge is 2.34. The minimum atomic E-state index is -4.60. The fourth-order valence-electron chi connectivity index (χ4n) is 1.69. The minimum absolute atomic E-state index is 0.0454. The van der Waals surface area contributed by atoms with Gasteiger partial charge in [-0.05, 0) is 32.0 Å². The molecule has 2 aromatic rings. The van der Waals surface area contributed by atoms with Gasteiger partial charge in [0.05, 0.1) is 16.5 Å². The van der Waals surface area contributed by atoms with Gasteiger partial charge in [-0.25, -0.2) is 4.98 Å². The van der Waals surface area contributed by atoms with Gasteiger partial charge in [-0.2, -0.15) is 13.2 Å². The number of carbonyl (C=O) groups is 1. The van der Waals surface area contributed by atoms with Gasteiger partial charge in [-0.3, -0.25) is 4.79 Å². The molecule has 1 N–H and O–H groups in total. The number of aromatic nitrogens is 1. The number of hydrogen-bond acceptors (Lipinski definition) is 4. The first-order chi connectivity index (χ1) is 10.7. The molecule has 1 atom stereocenters. The summed E-state index contributed by atoms with van der Waals surface area (Å²) in [5.74, 6) is -0.532. The maximum atomic E-state index is 13.0. The Hall–Kier alpha value is -1.25. The smallest absolute Gasteiger partial charge is 0.325 e. The Labute approximate surface area is 144 Å². The average Bonchev–Trinajstić information content (AvgIpc) is 2.84. The Kier molecular flexibility index (Phi) is 5.59. The van der Waals surface area contributed by atoms with Crippen LogP contribution in [0.1, 0.15) is 18.2 Å². The Balaban J connectivity index is 2.13. The lowest BCUT2D eigenvalue weighted by Crippen LogP contribution is -2.24. The number of nitrogens with one attached hydrogen (secondary N) is 1. The van der Waals surface area contributed by atoms with Gasteiger partial charge in [-0.15, -0.1) is 11.3 Å². The van der Waals surface area contributed by atoms with Gasteiger partial charge in [0.1, 0.15) is 0 Å². The van der Waals surface area contributed by atoms with Crippen LogP contribution in [-0.4, -0.2) is 16.1 Å². The van der Waals surface area contributed by atoms with Crippen molar-refractivity contribution < 1.29 is 18.0 Å². The van der Waals surface area contributed by atoms with Crippen LogP contribution in [0.25, 0.3) is 0 Å². The summed E-state index contributed by atoms with van der Waals surface area (Å²) in [5.41, 5.74) is -0.447. The van der Waals surface area contributed by atoms with Crippen molar-refractivity contribution in [2.24, 2.45) is 0 Å². The van der Waals surface area contributed by atoms with Crippen LogP contribution < -0.4 is 5.32 Å². The molecule has 0 aliphatic carbocycles. The van der Waals surface area contributed by atoms with E-state index in [1.807, 2.05) is 12.3 Å². The number of alkyl halides is 3. The van der Waals surface area contributed by atoms with Gasteiger partial charge in [0, 0.05) is 16.1 Å². The van der Waals surface area contributed by atoms with Gasteiger partial charge >= 0.3 is 6.18 Å². The Morgan fingerprint density at radius 3 is 2.70 bits per heavy atom. The van der Waals surface area contributed by atoms with Crippen molar-refractivity contribution in [3.8, 4) is 0 Å². The molecule has 1 amide bonds. The number of amides is 1. The summed E-state index contributed by atoms with van der Waals surface area (Å²) in [6.07, 6.45) is -4.60. The molecule has 2 rings (SSSR count). The Morgan fingerprint density at radius 2 is 2.13 bits per heavy atom. The second kappa shape index (κ2) is 7.11. The molecule has 0 radical (unpaired) electrons. The number of halogens is 4. The van der Waals surface area contributed by atoms with Crippen LogP contribution >= 0.6 is 34.7 Å². The second-order valence-corrected chi connectivity index (χ2v) is 7.57. The number of benzene rings is 1. The molecular formula is C14H12ClF3N2OS2. The van der Waals surface area contributed by atoms with Crippen LogP contribution in [0.3, 0.4) is 0 Å². The van der Waals surface area contributed by atoms with E-state index in [-0.39, 0.29) is 10.7 Å². The molecule has 0 fully saturated rings. The van der Waals surface area contributed by atoms with E-state index >= 15 is 0 Å². The predicted molar refractivity (Wildman–Crippen MR) is 87.3 cm³/mol. The number of nitrogens with zero attached hydrogens (tertiary/aromatic N) is 1. The van der Waals surface area contributed by atoms with Crippen molar-refractivity contribution in [1.82, 2.24) is 4.98 Å². The fraction of sp³-hybridized carbons (Fsp3) is 0.286. The van der Waals surface area contributed by atoms with Crippen LogP contribution in [0.5, 0.6) is 0 Å². The van der Waals surface area contributed by atoms with Crippen LogP contribution in [0.4, 0.5) is 18.9 Å². The molecule has 1 aromatic heterocycles. The summed E-state index contributed by atoms with van der Waals surface area (Å²) in [5, 5.41) is 3.52. The maximum absolute atomic E-state index is 13.0. The third-order valence-corrected chi connectivity index (χ3v) is 5.21. The van der Waals surface area contributed by atoms with Gasteiger partial charge in [-0.1, -0.05) is 23.4 Å². The predicted octanol–water partition coefficient (Wildman–Crippen LogP) is 5.24. The second-order valence-electron chi connectivity index (χ2n) is 4.69. The van der Waals surface area contributed by atoms with E-state index < -0.39 is 22.9 Å². The molecule has 0 unspecified atom stereocenters. The van der Waals surface area contributed by atoms with E-state index in [0.717, 1.165) is 17.8 Å². The van der Waals surface area contributed by atoms with E-state index in [0.29, 0.717) is 4.34 Å². The zero-order valence-corrected chi connectivity index (χ0v) is 14.5. The summed E-state index contributed by atoms with van der Waals surface area (Å²) in [7, 11) is 0. The molecule has 1 aromatic carbocycles. The molecule has 9 heteroatoms. The van der Waals surface area contributed by atoms with E-state index in [2.05, 4.69) is 10.3 Å². The molecule has 0 saturated carbocycles. The highest BCUT2D eigenvalue weighted by atomic mass is 35.5. The molecule has 3 nitrogen and oxygen atoms in total. The van der Waals surface area contributed by atoms with E-state index in [1.165, 1.54) is 29.2 Å². The van der Waals surface area contributed by atoms with Crippen molar-refractivity contribution in [1.29, 1.82) is 0 Å². The highest BCUT2D eigenvalue weighted by molar-refractivity contribution is 8.02. The van der Waals surface area contributed by atoms with Crippen LogP contribution in [0.2, 0.25) is 5.02 Å². The number of thioether (sulfide) groups is 1. The topological polar surface area (TPSA) is 42.0 Å². The first-order valence-corrected chi connectivity index (χ1v) is 8.57. The highest BCUT2D eigenvalue weighted by Crippen LogP contribution is 2.37. The normalized spacial score (nSPS) is 13.0. The molecular weight excluding hydrogens is 369 g/mol. The Morgan fingerprint density at radius 1 is 1.43 bits per heavy atom. The maximum Gasteiger partial charge on any atom is 0.418 e. The third-order valence-electron chi connectivity index (χ3n) is 2.79. The SMILES string of the molecule is Cc1csc(S[C@H](C)C(=O)Nc2ccc(Cl)cc2C(F)(F)F)n1. The molecule has 0 aliphatic heterocycles. The number of anilines is 1. The number of thiazole rings is 1. The van der Waals surface area contributed by atoms with Crippen molar-refractivity contribution in [3.63, 3.8) is 0 Å². The van der Waals surface area contributed by atoms with Crippen LogP contribution in [0, 0.1) is 6.92 Å². The van der Waals surface area contributed by atoms with Crippen LogP contribution in [-0.2, 0) is 11.0 Å².